The molecule has 0 atom stereocenters. The molecule has 0 aliphatic rings. The number of amides is 2. The smallest absolute Gasteiger partial charge is 0.243 e. The van der Waals surface area contributed by atoms with Gasteiger partial charge in [0.15, 0.2) is 0 Å². The Morgan fingerprint density at radius 1 is 1.03 bits per heavy atom. The van der Waals surface area contributed by atoms with Crippen molar-refractivity contribution in [2.45, 2.75) is 6.42 Å². The van der Waals surface area contributed by atoms with E-state index in [1.54, 1.807) is 48.4 Å². The van der Waals surface area contributed by atoms with Crippen LogP contribution in [0.4, 0.5) is 11.4 Å². The number of hydrogen-bond donors (Lipinski definition) is 2. The summed E-state index contributed by atoms with van der Waals surface area (Å²) in [7, 11) is 4.53. The molecule has 2 rings (SSSR count). The minimum Gasteiger partial charge on any atom is -0.497 e. The summed E-state index contributed by atoms with van der Waals surface area (Å²) < 4.78 is 15.6. The van der Waals surface area contributed by atoms with Crippen molar-refractivity contribution < 1.29 is 23.8 Å². The molecule has 0 heterocycles. The van der Waals surface area contributed by atoms with Gasteiger partial charge in [0, 0.05) is 30.8 Å². The van der Waals surface area contributed by atoms with Gasteiger partial charge in [-0.1, -0.05) is 11.6 Å². The fourth-order valence-electron chi connectivity index (χ4n) is 2.66. The number of carbonyl (C=O) groups is 2. The number of anilines is 2. The fraction of sp³-hybridized carbons (Fsp3) is 0.300. The monoisotopic (exact) mass is 421 g/mol. The lowest BCUT2D eigenvalue weighted by atomic mass is 10.2. The van der Waals surface area contributed by atoms with E-state index >= 15 is 0 Å². The molecule has 0 radical (unpaired) electrons. The third-order valence-electron chi connectivity index (χ3n) is 4.15. The maximum atomic E-state index is 12.7. The van der Waals surface area contributed by atoms with Crippen molar-refractivity contribution in [1.29, 1.82) is 0 Å². The second-order valence-corrected chi connectivity index (χ2v) is 6.48. The summed E-state index contributed by atoms with van der Waals surface area (Å²) in [5, 5.41) is 3.15. The van der Waals surface area contributed by atoms with E-state index in [4.69, 9.17) is 31.5 Å². The van der Waals surface area contributed by atoms with Gasteiger partial charge in [-0.2, -0.15) is 0 Å². The largest absolute Gasteiger partial charge is 0.497 e. The molecule has 2 aromatic carbocycles. The Kier molecular flexibility index (Phi) is 7.97. The molecule has 0 fully saturated rings. The zero-order valence-corrected chi connectivity index (χ0v) is 17.3. The lowest BCUT2D eigenvalue weighted by Gasteiger charge is -2.24. The van der Waals surface area contributed by atoms with E-state index in [2.05, 4.69) is 5.32 Å². The van der Waals surface area contributed by atoms with Crippen LogP contribution >= 0.6 is 11.6 Å². The van der Waals surface area contributed by atoms with Crippen molar-refractivity contribution in [1.82, 2.24) is 0 Å². The molecule has 0 unspecified atom stereocenters. The van der Waals surface area contributed by atoms with E-state index in [0.717, 1.165) is 5.69 Å². The van der Waals surface area contributed by atoms with E-state index in [1.807, 2.05) is 0 Å². The standard InChI is InChI=1S/C20H24ClN3O5/c1-27-14-6-4-13(5-7-14)24(9-8-19(22)25)12-20(26)23-16-11-17(28-2)15(21)10-18(16)29-3/h4-7,10-11H,8-9,12H2,1-3H3,(H2,22,25)(H,23,26). The third kappa shape index (κ3) is 6.18. The molecule has 0 bridgehead atoms. The number of benzene rings is 2. The Labute approximate surface area is 174 Å². The molecule has 2 amide bonds. The number of methoxy groups -OCH3 is 3. The molecule has 0 aliphatic heterocycles. The summed E-state index contributed by atoms with van der Waals surface area (Å²) in [5.41, 5.74) is 6.45. The molecule has 8 nitrogen and oxygen atoms in total. The number of carbonyl (C=O) groups excluding carboxylic acids is 2. The van der Waals surface area contributed by atoms with E-state index in [-0.39, 0.29) is 25.4 Å². The zero-order chi connectivity index (χ0) is 21.4. The summed E-state index contributed by atoms with van der Waals surface area (Å²) >= 11 is 6.10. The summed E-state index contributed by atoms with van der Waals surface area (Å²) in [6.45, 7) is 0.282. The lowest BCUT2D eigenvalue weighted by Crippen LogP contribution is -2.35. The summed E-state index contributed by atoms with van der Waals surface area (Å²) in [5.74, 6) is 0.729. The molecule has 29 heavy (non-hydrogen) atoms. The molecular weight excluding hydrogens is 398 g/mol. The van der Waals surface area contributed by atoms with Gasteiger partial charge in [0.25, 0.3) is 0 Å². The Balaban J connectivity index is 2.19. The summed E-state index contributed by atoms with van der Waals surface area (Å²) in [4.78, 5) is 25.7. The number of nitrogens with zero attached hydrogens (tertiary/aromatic N) is 1. The van der Waals surface area contributed by atoms with Crippen molar-refractivity contribution >= 4 is 34.8 Å². The van der Waals surface area contributed by atoms with Crippen LogP contribution in [0.25, 0.3) is 0 Å². The highest BCUT2D eigenvalue weighted by Gasteiger charge is 2.16. The maximum absolute atomic E-state index is 12.7. The van der Waals surface area contributed by atoms with Gasteiger partial charge in [-0.3, -0.25) is 9.59 Å². The molecule has 0 spiro atoms. The second-order valence-electron chi connectivity index (χ2n) is 6.07. The van der Waals surface area contributed by atoms with Crippen LogP contribution < -0.4 is 30.2 Å². The molecule has 9 heteroatoms. The van der Waals surface area contributed by atoms with Crippen LogP contribution in [0.3, 0.4) is 0 Å². The predicted molar refractivity (Wildman–Crippen MR) is 112 cm³/mol. The van der Waals surface area contributed by atoms with E-state index < -0.39 is 5.91 Å². The quantitative estimate of drug-likeness (QED) is 0.611. The van der Waals surface area contributed by atoms with Gasteiger partial charge < -0.3 is 30.2 Å². The van der Waals surface area contributed by atoms with Gasteiger partial charge in [-0.15, -0.1) is 0 Å². The van der Waals surface area contributed by atoms with Crippen LogP contribution in [-0.2, 0) is 9.59 Å². The van der Waals surface area contributed by atoms with Crippen LogP contribution in [0.1, 0.15) is 6.42 Å². The molecule has 2 aromatic rings. The predicted octanol–water partition coefficient (Wildman–Crippen LogP) is 2.69. The van der Waals surface area contributed by atoms with Gasteiger partial charge in [-0.05, 0) is 24.3 Å². The number of primary amides is 1. The van der Waals surface area contributed by atoms with Crippen molar-refractivity contribution in [2.24, 2.45) is 5.73 Å². The van der Waals surface area contributed by atoms with E-state index in [0.29, 0.717) is 28.0 Å². The third-order valence-corrected chi connectivity index (χ3v) is 4.44. The first-order valence-electron chi connectivity index (χ1n) is 8.76. The van der Waals surface area contributed by atoms with Crippen molar-refractivity contribution in [3.8, 4) is 17.2 Å². The number of hydrogen-bond acceptors (Lipinski definition) is 6. The normalized spacial score (nSPS) is 10.2. The van der Waals surface area contributed by atoms with Crippen LogP contribution in [0, 0.1) is 0 Å². The van der Waals surface area contributed by atoms with Crippen molar-refractivity contribution in [2.75, 3.05) is 44.6 Å². The van der Waals surface area contributed by atoms with Crippen molar-refractivity contribution in [3.05, 3.63) is 41.4 Å². The van der Waals surface area contributed by atoms with Crippen molar-refractivity contribution in [3.63, 3.8) is 0 Å². The summed E-state index contributed by atoms with van der Waals surface area (Å²) in [6, 6.07) is 10.3. The van der Waals surface area contributed by atoms with Crippen LogP contribution in [0.2, 0.25) is 5.02 Å². The highest BCUT2D eigenvalue weighted by atomic mass is 35.5. The molecule has 0 saturated carbocycles. The number of rotatable bonds is 10. The first-order chi connectivity index (χ1) is 13.9. The molecule has 3 N–H and O–H groups in total. The number of nitrogens with two attached hydrogens (primary N) is 1. The Hall–Kier alpha value is -3.13. The average molecular weight is 422 g/mol. The number of halogens is 1. The van der Waals surface area contributed by atoms with Crippen LogP contribution in [-0.4, -0.2) is 46.2 Å². The Morgan fingerprint density at radius 3 is 2.24 bits per heavy atom. The molecular formula is C20H24ClN3O5. The average Bonchev–Trinajstić information content (AvgIpc) is 2.71. The van der Waals surface area contributed by atoms with Gasteiger partial charge >= 0.3 is 0 Å². The van der Waals surface area contributed by atoms with E-state index in [9.17, 15) is 9.59 Å². The van der Waals surface area contributed by atoms with Gasteiger partial charge in [0.1, 0.15) is 17.2 Å². The Bertz CT molecular complexity index is 858. The Morgan fingerprint density at radius 2 is 1.69 bits per heavy atom. The topological polar surface area (TPSA) is 103 Å². The molecule has 156 valence electrons. The first-order valence-corrected chi connectivity index (χ1v) is 9.14. The molecule has 0 aliphatic carbocycles. The molecule has 0 saturated heterocycles. The van der Waals surface area contributed by atoms with Crippen LogP contribution in [0.5, 0.6) is 17.2 Å². The van der Waals surface area contributed by atoms with Gasteiger partial charge in [0.2, 0.25) is 11.8 Å². The number of ether oxygens (including phenoxy) is 3. The fourth-order valence-corrected chi connectivity index (χ4v) is 2.89. The highest BCUT2D eigenvalue weighted by Crippen LogP contribution is 2.35. The summed E-state index contributed by atoms with van der Waals surface area (Å²) in [6.07, 6.45) is 0.109. The highest BCUT2D eigenvalue weighted by molar-refractivity contribution is 6.32. The minimum absolute atomic E-state index is 0.00625. The maximum Gasteiger partial charge on any atom is 0.243 e. The zero-order valence-electron chi connectivity index (χ0n) is 16.5. The molecule has 0 aromatic heterocycles. The lowest BCUT2D eigenvalue weighted by molar-refractivity contribution is -0.118. The SMILES string of the molecule is COc1ccc(N(CCC(N)=O)CC(=O)Nc2cc(OC)c(Cl)cc2OC)cc1. The van der Waals surface area contributed by atoms with E-state index in [1.165, 1.54) is 14.2 Å². The van der Waals surface area contributed by atoms with Gasteiger partial charge in [-0.25, -0.2) is 0 Å². The first kappa shape index (κ1) is 22.2. The van der Waals surface area contributed by atoms with Crippen LogP contribution in [0.15, 0.2) is 36.4 Å². The minimum atomic E-state index is -0.451. The van der Waals surface area contributed by atoms with Gasteiger partial charge in [0.05, 0.1) is 38.6 Å². The second kappa shape index (κ2) is 10.4. The number of nitrogens with one attached hydrogen (secondary N) is 1.